The zero-order valence-electron chi connectivity index (χ0n) is 22.8. The van der Waals surface area contributed by atoms with Gasteiger partial charge in [0.2, 0.25) is 15.9 Å². The Labute approximate surface area is 254 Å². The molecule has 5 rings (SSSR count). The molecule has 7 nitrogen and oxygen atoms in total. The monoisotopic (exact) mass is 634 g/mol. The number of hydrogen-bond acceptors (Lipinski definition) is 6. The van der Waals surface area contributed by atoms with Crippen molar-refractivity contribution < 1.29 is 22.7 Å². The molecule has 1 amide bonds. The predicted molar refractivity (Wildman–Crippen MR) is 161 cm³/mol. The van der Waals surface area contributed by atoms with Gasteiger partial charge in [0.15, 0.2) is 0 Å². The molecule has 0 bridgehead atoms. The molecule has 4 atom stereocenters. The second-order valence-corrected chi connectivity index (χ2v) is 14.9. The molecule has 2 aromatic carbocycles. The first kappa shape index (κ1) is 30.0. The number of halogens is 2. The number of carbonyl (C=O) groups excluding carboxylic acids is 2. The van der Waals surface area contributed by atoms with Crippen LogP contribution in [0, 0.1) is 11.3 Å². The number of methoxy groups -OCH3 is 1. The van der Waals surface area contributed by atoms with Gasteiger partial charge in [-0.3, -0.25) is 9.59 Å². The summed E-state index contributed by atoms with van der Waals surface area (Å²) in [7, 11) is -2.45. The maximum atomic E-state index is 14.6. The number of ether oxygens (including phenoxy) is 1. The predicted octanol–water partition coefficient (Wildman–Crippen LogP) is 6.44. The first-order valence-corrected chi connectivity index (χ1v) is 16.6. The first-order valence-electron chi connectivity index (χ1n) is 13.5. The van der Waals surface area contributed by atoms with Crippen LogP contribution in [0.25, 0.3) is 0 Å². The summed E-state index contributed by atoms with van der Waals surface area (Å²) in [5, 5.41) is 2.85. The van der Waals surface area contributed by atoms with Crippen molar-refractivity contribution >= 4 is 56.4 Å². The van der Waals surface area contributed by atoms with Crippen LogP contribution in [0.2, 0.25) is 10.0 Å². The van der Waals surface area contributed by atoms with E-state index in [9.17, 15) is 18.0 Å². The van der Waals surface area contributed by atoms with Crippen molar-refractivity contribution in [3.63, 3.8) is 0 Å². The van der Waals surface area contributed by atoms with E-state index in [4.69, 9.17) is 27.9 Å². The molecule has 1 unspecified atom stereocenters. The van der Waals surface area contributed by atoms with Crippen molar-refractivity contribution in [2.45, 2.75) is 54.8 Å². The first-order chi connectivity index (χ1) is 19.5. The number of hydrogen-bond donors (Lipinski definition) is 1. The SMILES string of the molecule is COC(=O)C[C@@]1(C)C[C@H](c2cccc(Cl)c2)[C@@H](c2ccc(Cl)cc2)N(C(CNS(=O)(=O)c2cccs2)C2CC2)C1=O. The summed E-state index contributed by atoms with van der Waals surface area (Å²) in [5.41, 5.74) is 0.724. The third kappa shape index (κ3) is 6.49. The van der Waals surface area contributed by atoms with Gasteiger partial charge in [-0.15, -0.1) is 11.3 Å². The molecule has 2 aliphatic rings. The number of nitrogens with zero attached hydrogens (tertiary/aromatic N) is 1. The highest BCUT2D eigenvalue weighted by molar-refractivity contribution is 7.91. The average molecular weight is 636 g/mol. The third-order valence-electron chi connectivity index (χ3n) is 8.12. The van der Waals surface area contributed by atoms with Crippen molar-refractivity contribution in [1.82, 2.24) is 9.62 Å². The van der Waals surface area contributed by atoms with Crippen LogP contribution in [0.15, 0.2) is 70.3 Å². The highest BCUT2D eigenvalue weighted by Crippen LogP contribution is 2.54. The minimum Gasteiger partial charge on any atom is -0.469 e. The van der Waals surface area contributed by atoms with Gasteiger partial charge in [-0.2, -0.15) is 0 Å². The number of amides is 1. The maximum absolute atomic E-state index is 14.6. The fraction of sp³-hybridized carbons (Fsp3) is 0.400. The average Bonchev–Trinajstić information content (AvgIpc) is 3.62. The van der Waals surface area contributed by atoms with E-state index in [2.05, 4.69) is 4.72 Å². The van der Waals surface area contributed by atoms with Gasteiger partial charge in [0.05, 0.1) is 25.0 Å². The van der Waals surface area contributed by atoms with E-state index in [-0.39, 0.29) is 34.9 Å². The Kier molecular flexibility index (Phi) is 8.83. The van der Waals surface area contributed by atoms with Crippen molar-refractivity contribution in [3.8, 4) is 0 Å². The Balaban J connectivity index is 1.63. The van der Waals surface area contributed by atoms with E-state index in [1.807, 2.05) is 35.2 Å². The van der Waals surface area contributed by atoms with E-state index in [0.717, 1.165) is 35.3 Å². The smallest absolute Gasteiger partial charge is 0.306 e. The lowest BCUT2D eigenvalue weighted by Crippen LogP contribution is -2.59. The zero-order chi connectivity index (χ0) is 29.4. The largest absolute Gasteiger partial charge is 0.469 e. The third-order valence-corrected chi connectivity index (χ3v) is 11.4. The number of nitrogens with one attached hydrogen (secondary N) is 1. The topological polar surface area (TPSA) is 92.8 Å². The number of esters is 1. The van der Waals surface area contributed by atoms with Crippen LogP contribution < -0.4 is 4.72 Å². The summed E-state index contributed by atoms with van der Waals surface area (Å²) < 4.78 is 34.3. The lowest BCUT2D eigenvalue weighted by atomic mass is 9.67. The van der Waals surface area contributed by atoms with E-state index in [1.54, 1.807) is 42.6 Å². The fourth-order valence-electron chi connectivity index (χ4n) is 5.96. The molecule has 41 heavy (non-hydrogen) atoms. The van der Waals surface area contributed by atoms with Gasteiger partial charge in [0.1, 0.15) is 4.21 Å². The summed E-state index contributed by atoms with van der Waals surface area (Å²) >= 11 is 13.8. The van der Waals surface area contributed by atoms with Crippen LogP contribution in [0.3, 0.4) is 0 Å². The quantitative estimate of drug-likeness (QED) is 0.259. The minimum absolute atomic E-state index is 0.0529. The van der Waals surface area contributed by atoms with Crippen molar-refractivity contribution in [2.75, 3.05) is 13.7 Å². The molecule has 2 fully saturated rings. The number of benzene rings is 2. The van der Waals surface area contributed by atoms with Gasteiger partial charge in [-0.25, -0.2) is 13.1 Å². The van der Waals surface area contributed by atoms with E-state index >= 15 is 0 Å². The molecular weight excluding hydrogens is 603 g/mol. The summed E-state index contributed by atoms with van der Waals surface area (Å²) in [6.07, 6.45) is 2.03. The second kappa shape index (κ2) is 12.1. The molecule has 11 heteroatoms. The Morgan fingerprint density at radius 1 is 1.10 bits per heavy atom. The lowest BCUT2D eigenvalue weighted by molar-refractivity contribution is -0.162. The standard InChI is InChI=1S/C30H32Cl2N2O5S2/c1-30(17-26(35)39-2)16-24(21-5-3-6-23(32)15-21)28(20-10-12-22(31)13-11-20)34(29(30)36)25(19-8-9-19)18-33-41(37,38)27-7-4-14-40-27/h3-7,10-15,19,24-25,28,33H,8-9,16-18H2,1-2H3/t24-,25?,28-,30-/m1/s1. The summed E-state index contributed by atoms with van der Waals surface area (Å²) in [6.45, 7) is 1.85. The molecule has 1 aromatic heterocycles. The number of thiophene rings is 1. The molecule has 1 aliphatic heterocycles. The van der Waals surface area contributed by atoms with Crippen LogP contribution in [0.1, 0.15) is 55.7 Å². The van der Waals surface area contributed by atoms with Crippen LogP contribution in [-0.2, 0) is 24.3 Å². The molecule has 1 saturated carbocycles. The summed E-state index contributed by atoms with van der Waals surface area (Å²) in [6, 6.07) is 17.3. The van der Waals surface area contributed by atoms with Crippen LogP contribution >= 0.6 is 34.5 Å². The molecule has 2 heterocycles. The zero-order valence-corrected chi connectivity index (χ0v) is 25.9. The molecule has 218 valence electrons. The molecular formula is C30H32Cl2N2O5S2. The number of carbonyl (C=O) groups is 2. The van der Waals surface area contributed by atoms with Crippen LogP contribution in [0.4, 0.5) is 0 Å². The van der Waals surface area contributed by atoms with E-state index in [0.29, 0.717) is 16.5 Å². The second-order valence-electron chi connectivity index (χ2n) is 11.1. The van der Waals surface area contributed by atoms with E-state index in [1.165, 1.54) is 7.11 Å². The Bertz CT molecular complexity index is 1510. The Hall–Kier alpha value is -2.43. The Morgan fingerprint density at radius 3 is 2.44 bits per heavy atom. The molecule has 1 N–H and O–H groups in total. The highest BCUT2D eigenvalue weighted by Gasteiger charge is 2.54. The van der Waals surface area contributed by atoms with Crippen LogP contribution in [-0.4, -0.2) is 44.9 Å². The van der Waals surface area contributed by atoms with Gasteiger partial charge in [0, 0.05) is 28.5 Å². The van der Waals surface area contributed by atoms with Crippen molar-refractivity contribution in [2.24, 2.45) is 11.3 Å². The minimum atomic E-state index is -3.76. The van der Waals surface area contributed by atoms with Crippen molar-refractivity contribution in [1.29, 1.82) is 0 Å². The molecule has 3 aromatic rings. The number of sulfonamides is 1. The van der Waals surface area contributed by atoms with Crippen molar-refractivity contribution in [3.05, 3.63) is 87.2 Å². The fourth-order valence-corrected chi connectivity index (χ4v) is 8.37. The number of rotatable bonds is 10. The van der Waals surface area contributed by atoms with Gasteiger partial charge in [0.25, 0.3) is 0 Å². The molecule has 1 saturated heterocycles. The van der Waals surface area contributed by atoms with Gasteiger partial charge in [-0.1, -0.05) is 60.5 Å². The Morgan fingerprint density at radius 2 is 1.83 bits per heavy atom. The molecule has 0 spiro atoms. The molecule has 0 radical (unpaired) electrons. The number of likely N-dealkylation sites (tertiary alicyclic amines) is 1. The normalized spacial score (nSPS) is 23.8. The maximum Gasteiger partial charge on any atom is 0.306 e. The lowest BCUT2D eigenvalue weighted by Gasteiger charge is -2.52. The summed E-state index contributed by atoms with van der Waals surface area (Å²) in [5.74, 6) is -0.803. The molecule has 1 aliphatic carbocycles. The van der Waals surface area contributed by atoms with Gasteiger partial charge >= 0.3 is 5.97 Å². The highest BCUT2D eigenvalue weighted by atomic mass is 35.5. The van der Waals surface area contributed by atoms with Crippen LogP contribution in [0.5, 0.6) is 0 Å². The van der Waals surface area contributed by atoms with Gasteiger partial charge in [-0.05, 0) is 72.0 Å². The summed E-state index contributed by atoms with van der Waals surface area (Å²) in [4.78, 5) is 29.1. The van der Waals surface area contributed by atoms with Gasteiger partial charge < -0.3 is 9.64 Å². The van der Waals surface area contributed by atoms with E-state index < -0.39 is 33.5 Å². The number of piperidine rings is 1.